The Morgan fingerprint density at radius 2 is 1.80 bits per heavy atom. The van der Waals surface area contributed by atoms with Gasteiger partial charge < -0.3 is 0 Å². The molecule has 2 atom stereocenters. The molecule has 0 N–H and O–H groups in total. The van der Waals surface area contributed by atoms with E-state index in [9.17, 15) is 9.59 Å². The minimum Gasteiger partial charge on any atom is -0.282 e. The van der Waals surface area contributed by atoms with Crippen molar-refractivity contribution in [1.29, 1.82) is 0 Å². The number of rotatable bonds is 3. The summed E-state index contributed by atoms with van der Waals surface area (Å²) < 4.78 is 0. The number of hydrogen-bond donors (Lipinski definition) is 0. The van der Waals surface area contributed by atoms with Gasteiger partial charge in [0, 0.05) is 6.54 Å². The molecule has 0 saturated carbocycles. The van der Waals surface area contributed by atoms with Crippen LogP contribution in [0.1, 0.15) is 25.3 Å². The van der Waals surface area contributed by atoms with E-state index in [1.165, 1.54) is 10.5 Å². The third kappa shape index (κ3) is 2.28. The van der Waals surface area contributed by atoms with Gasteiger partial charge in [-0.2, -0.15) is 0 Å². The molecule has 0 radical (unpaired) electrons. The second-order valence-corrected chi connectivity index (χ2v) is 5.77. The molecule has 0 spiro atoms. The van der Waals surface area contributed by atoms with Crippen molar-refractivity contribution in [2.45, 2.75) is 26.2 Å². The van der Waals surface area contributed by atoms with E-state index in [1.54, 1.807) is 0 Å². The number of amides is 2. The first-order valence-corrected chi connectivity index (χ1v) is 7.21. The summed E-state index contributed by atoms with van der Waals surface area (Å²) >= 11 is 0. The number of likely N-dealkylation sites (tertiary alicyclic amines) is 1. The highest BCUT2D eigenvalue weighted by Crippen LogP contribution is 2.37. The number of hydrogen-bond acceptors (Lipinski definition) is 2. The molecule has 2 unspecified atom stereocenters. The maximum Gasteiger partial charge on any atom is 0.233 e. The van der Waals surface area contributed by atoms with E-state index < -0.39 is 0 Å². The Morgan fingerprint density at radius 1 is 1.10 bits per heavy atom. The van der Waals surface area contributed by atoms with Crippen LogP contribution in [0, 0.1) is 11.8 Å². The van der Waals surface area contributed by atoms with Crippen LogP contribution in [0.5, 0.6) is 0 Å². The summed E-state index contributed by atoms with van der Waals surface area (Å²) in [4.78, 5) is 26.2. The summed E-state index contributed by atoms with van der Waals surface area (Å²) in [5, 5.41) is 0. The molecule has 3 nitrogen and oxygen atoms in total. The molecule has 2 amide bonds. The molecular formula is C17H19NO2. The predicted octanol–water partition coefficient (Wildman–Crippen LogP) is 2.57. The molecule has 0 aromatic heterocycles. The van der Waals surface area contributed by atoms with Crippen LogP contribution in [0.15, 0.2) is 42.0 Å². The zero-order chi connectivity index (χ0) is 14.1. The average Bonchev–Trinajstić information content (AvgIpc) is 2.70. The Morgan fingerprint density at radius 3 is 2.55 bits per heavy atom. The van der Waals surface area contributed by atoms with Crippen LogP contribution in [0.25, 0.3) is 0 Å². The highest BCUT2D eigenvalue weighted by atomic mass is 16.2. The van der Waals surface area contributed by atoms with Crippen molar-refractivity contribution >= 4 is 11.8 Å². The molecule has 1 aliphatic heterocycles. The van der Waals surface area contributed by atoms with Crippen LogP contribution in [0.4, 0.5) is 0 Å². The van der Waals surface area contributed by atoms with E-state index in [0.29, 0.717) is 6.54 Å². The average molecular weight is 269 g/mol. The summed E-state index contributed by atoms with van der Waals surface area (Å²) in [7, 11) is 0. The maximum absolute atomic E-state index is 12.4. The number of nitrogens with zero attached hydrogens (tertiary/aromatic N) is 1. The first kappa shape index (κ1) is 13.1. The standard InChI is InChI=1S/C17H19NO2/c1-12-7-8-14-15(11-12)17(20)18(16(14)19)10-9-13-5-3-2-4-6-13/h2-7,14-15H,8-11H2,1H3. The summed E-state index contributed by atoms with van der Waals surface area (Å²) in [6.07, 6.45) is 4.32. The van der Waals surface area contributed by atoms with Gasteiger partial charge in [-0.15, -0.1) is 0 Å². The summed E-state index contributed by atoms with van der Waals surface area (Å²) in [5.41, 5.74) is 2.40. The molecule has 3 heteroatoms. The van der Waals surface area contributed by atoms with Crippen LogP contribution < -0.4 is 0 Å². The molecule has 1 fully saturated rings. The molecular weight excluding hydrogens is 250 g/mol. The molecule has 1 heterocycles. The molecule has 0 bridgehead atoms. The van der Waals surface area contributed by atoms with Crippen LogP contribution in [0.3, 0.4) is 0 Å². The van der Waals surface area contributed by atoms with Crippen LogP contribution in [0.2, 0.25) is 0 Å². The molecule has 1 aliphatic carbocycles. The van der Waals surface area contributed by atoms with Crippen molar-refractivity contribution in [1.82, 2.24) is 4.90 Å². The summed E-state index contributed by atoms with van der Waals surface area (Å²) in [5.74, 6) is -0.159. The van der Waals surface area contributed by atoms with Crippen molar-refractivity contribution in [2.24, 2.45) is 11.8 Å². The smallest absolute Gasteiger partial charge is 0.233 e. The Bertz CT molecular complexity index is 562. The monoisotopic (exact) mass is 269 g/mol. The molecule has 104 valence electrons. The van der Waals surface area contributed by atoms with Gasteiger partial charge in [0.05, 0.1) is 11.8 Å². The van der Waals surface area contributed by atoms with E-state index in [2.05, 4.69) is 6.08 Å². The zero-order valence-electron chi connectivity index (χ0n) is 11.7. The van der Waals surface area contributed by atoms with Gasteiger partial charge in [-0.3, -0.25) is 14.5 Å². The highest BCUT2D eigenvalue weighted by Gasteiger charge is 2.47. The number of fused-ring (bicyclic) bond motifs is 1. The number of carbonyl (C=O) groups is 2. The Balaban J connectivity index is 1.69. The fourth-order valence-corrected chi connectivity index (χ4v) is 3.21. The van der Waals surface area contributed by atoms with E-state index in [4.69, 9.17) is 0 Å². The zero-order valence-corrected chi connectivity index (χ0v) is 11.7. The van der Waals surface area contributed by atoms with Crippen molar-refractivity contribution in [3.8, 4) is 0 Å². The second-order valence-electron chi connectivity index (χ2n) is 5.77. The van der Waals surface area contributed by atoms with Crippen molar-refractivity contribution in [3.05, 3.63) is 47.5 Å². The van der Waals surface area contributed by atoms with Crippen LogP contribution in [-0.4, -0.2) is 23.3 Å². The second kappa shape index (κ2) is 5.23. The fourth-order valence-electron chi connectivity index (χ4n) is 3.21. The first-order valence-electron chi connectivity index (χ1n) is 7.21. The molecule has 1 aromatic rings. The molecule has 3 rings (SSSR count). The maximum atomic E-state index is 12.4. The molecule has 2 aliphatic rings. The lowest BCUT2D eigenvalue weighted by Gasteiger charge is -2.19. The van der Waals surface area contributed by atoms with Crippen molar-refractivity contribution in [2.75, 3.05) is 6.54 Å². The number of benzene rings is 1. The lowest BCUT2D eigenvalue weighted by Crippen LogP contribution is -2.33. The lowest BCUT2D eigenvalue weighted by molar-refractivity contribution is -0.139. The van der Waals surface area contributed by atoms with E-state index in [-0.39, 0.29) is 23.7 Å². The topological polar surface area (TPSA) is 37.4 Å². The minimum atomic E-state index is -0.109. The van der Waals surface area contributed by atoms with E-state index >= 15 is 0 Å². The van der Waals surface area contributed by atoms with Gasteiger partial charge in [0.25, 0.3) is 0 Å². The van der Waals surface area contributed by atoms with Gasteiger partial charge >= 0.3 is 0 Å². The summed E-state index contributed by atoms with van der Waals surface area (Å²) in [6, 6.07) is 10.00. The highest BCUT2D eigenvalue weighted by molar-refractivity contribution is 6.05. The first-order chi connectivity index (χ1) is 9.66. The van der Waals surface area contributed by atoms with Gasteiger partial charge in [0.15, 0.2) is 0 Å². The largest absolute Gasteiger partial charge is 0.282 e. The lowest BCUT2D eigenvalue weighted by atomic mass is 9.82. The molecule has 20 heavy (non-hydrogen) atoms. The van der Waals surface area contributed by atoms with E-state index in [0.717, 1.165) is 24.8 Å². The predicted molar refractivity (Wildman–Crippen MR) is 76.8 cm³/mol. The van der Waals surface area contributed by atoms with Gasteiger partial charge in [0.1, 0.15) is 0 Å². The quantitative estimate of drug-likeness (QED) is 0.624. The number of allylic oxidation sites excluding steroid dienone is 2. The Hall–Kier alpha value is -1.90. The number of imide groups is 1. The SMILES string of the molecule is CC1=CCC2C(=O)N(CCc3ccccc3)C(=O)C2C1. The Labute approximate surface area is 119 Å². The number of carbonyl (C=O) groups excluding carboxylic acids is 2. The van der Waals surface area contributed by atoms with Crippen LogP contribution in [-0.2, 0) is 16.0 Å². The van der Waals surface area contributed by atoms with Gasteiger partial charge in [0.2, 0.25) is 11.8 Å². The van der Waals surface area contributed by atoms with Crippen LogP contribution >= 0.6 is 0 Å². The Kier molecular flexibility index (Phi) is 3.43. The molecule has 1 aromatic carbocycles. The van der Waals surface area contributed by atoms with Crippen molar-refractivity contribution < 1.29 is 9.59 Å². The normalized spacial score (nSPS) is 25.6. The van der Waals surface area contributed by atoms with Gasteiger partial charge in [-0.1, -0.05) is 42.0 Å². The van der Waals surface area contributed by atoms with Gasteiger partial charge in [-0.05, 0) is 31.7 Å². The third-order valence-corrected chi connectivity index (χ3v) is 4.38. The van der Waals surface area contributed by atoms with Crippen molar-refractivity contribution in [3.63, 3.8) is 0 Å². The molecule has 1 saturated heterocycles. The third-order valence-electron chi connectivity index (χ3n) is 4.38. The summed E-state index contributed by atoms with van der Waals surface area (Å²) in [6.45, 7) is 2.55. The van der Waals surface area contributed by atoms with Gasteiger partial charge in [-0.25, -0.2) is 0 Å². The minimum absolute atomic E-state index is 0.0275. The van der Waals surface area contributed by atoms with E-state index in [1.807, 2.05) is 37.3 Å². The fraction of sp³-hybridized carbons (Fsp3) is 0.412.